The molecule has 0 saturated carbocycles. The Bertz CT molecular complexity index is 466. The third-order valence-electron chi connectivity index (χ3n) is 2.57. The molecule has 0 aromatic heterocycles. The third-order valence-corrected chi connectivity index (χ3v) is 2.90. The standard InChI is InChI=1S/C11H9ClF3NO2/c12-8-3-6(11(13,14)15)1-2-7(8)9-4-16-10(17)5-18-9/h1-3,9H,4-5H2,(H,16,17)/t9-/m0/s1. The van der Waals surface area contributed by atoms with E-state index in [0.29, 0.717) is 5.56 Å². The van der Waals surface area contributed by atoms with Crippen LogP contribution in [0.15, 0.2) is 18.2 Å². The summed E-state index contributed by atoms with van der Waals surface area (Å²) in [4.78, 5) is 10.9. The zero-order valence-corrected chi connectivity index (χ0v) is 9.81. The van der Waals surface area contributed by atoms with Crippen molar-refractivity contribution in [1.82, 2.24) is 5.32 Å². The number of alkyl halides is 3. The number of ether oxygens (including phenoxy) is 1. The van der Waals surface area contributed by atoms with Gasteiger partial charge in [0, 0.05) is 17.1 Å². The molecule has 0 aliphatic carbocycles. The lowest BCUT2D eigenvalue weighted by Gasteiger charge is -2.24. The van der Waals surface area contributed by atoms with E-state index in [2.05, 4.69) is 5.32 Å². The van der Waals surface area contributed by atoms with Crippen LogP contribution in [0.4, 0.5) is 13.2 Å². The van der Waals surface area contributed by atoms with E-state index in [9.17, 15) is 18.0 Å². The number of halogens is 4. The molecule has 0 radical (unpaired) electrons. The first-order valence-electron chi connectivity index (χ1n) is 5.13. The van der Waals surface area contributed by atoms with Crippen LogP contribution in [0.25, 0.3) is 0 Å². The summed E-state index contributed by atoms with van der Waals surface area (Å²) in [6.45, 7) is 0.0753. The molecule has 1 saturated heterocycles. The first-order valence-corrected chi connectivity index (χ1v) is 5.50. The molecule has 3 nitrogen and oxygen atoms in total. The first kappa shape index (κ1) is 13.2. The topological polar surface area (TPSA) is 38.3 Å². The SMILES string of the molecule is O=C1CO[C@H](c2ccc(C(F)(F)F)cc2Cl)CN1. The van der Waals surface area contributed by atoms with Gasteiger partial charge in [0.2, 0.25) is 5.91 Å². The second-order valence-corrected chi connectivity index (χ2v) is 4.24. The monoisotopic (exact) mass is 279 g/mol. The number of amides is 1. The Kier molecular flexibility index (Phi) is 3.49. The highest BCUT2D eigenvalue weighted by Crippen LogP contribution is 2.34. The molecule has 1 aromatic carbocycles. The number of nitrogens with one attached hydrogen (secondary N) is 1. The number of benzene rings is 1. The zero-order valence-electron chi connectivity index (χ0n) is 9.05. The summed E-state index contributed by atoms with van der Waals surface area (Å²) in [5.74, 6) is -0.255. The molecule has 2 rings (SSSR count). The Morgan fingerprint density at radius 1 is 1.39 bits per heavy atom. The van der Waals surface area contributed by atoms with Gasteiger partial charge in [-0.25, -0.2) is 0 Å². The molecule has 1 aromatic rings. The smallest absolute Gasteiger partial charge is 0.362 e. The summed E-state index contributed by atoms with van der Waals surface area (Å²) < 4.78 is 42.5. The molecule has 98 valence electrons. The van der Waals surface area contributed by atoms with Crippen LogP contribution in [0.1, 0.15) is 17.2 Å². The maximum atomic E-state index is 12.4. The maximum absolute atomic E-state index is 12.4. The minimum atomic E-state index is -4.43. The molecule has 1 heterocycles. The molecule has 1 aliphatic heterocycles. The molecule has 0 unspecified atom stereocenters. The van der Waals surface area contributed by atoms with Crippen LogP contribution in [-0.4, -0.2) is 19.1 Å². The molecule has 7 heteroatoms. The number of morpholine rings is 1. The fraction of sp³-hybridized carbons (Fsp3) is 0.364. The normalized spacial score (nSPS) is 20.7. The number of rotatable bonds is 1. The lowest BCUT2D eigenvalue weighted by atomic mass is 10.1. The van der Waals surface area contributed by atoms with E-state index in [1.807, 2.05) is 0 Å². The van der Waals surface area contributed by atoms with Crippen molar-refractivity contribution in [1.29, 1.82) is 0 Å². The summed E-state index contributed by atoms with van der Waals surface area (Å²) in [6, 6.07) is 3.07. The van der Waals surface area contributed by atoms with Crippen molar-refractivity contribution in [2.45, 2.75) is 12.3 Å². The number of carbonyl (C=O) groups excluding carboxylic acids is 1. The Hall–Kier alpha value is -1.27. The highest BCUT2D eigenvalue weighted by molar-refractivity contribution is 6.31. The summed E-state index contributed by atoms with van der Waals surface area (Å²) >= 11 is 5.81. The van der Waals surface area contributed by atoms with E-state index in [4.69, 9.17) is 16.3 Å². The predicted molar refractivity (Wildman–Crippen MR) is 58.2 cm³/mol. The van der Waals surface area contributed by atoms with Crippen LogP contribution in [0.3, 0.4) is 0 Å². The van der Waals surface area contributed by atoms with Gasteiger partial charge >= 0.3 is 6.18 Å². The van der Waals surface area contributed by atoms with Gasteiger partial charge in [-0.05, 0) is 12.1 Å². The van der Waals surface area contributed by atoms with Gasteiger partial charge in [-0.2, -0.15) is 13.2 Å². The van der Waals surface area contributed by atoms with Crippen molar-refractivity contribution in [3.05, 3.63) is 34.3 Å². The molecule has 0 bridgehead atoms. The Morgan fingerprint density at radius 3 is 2.61 bits per heavy atom. The molecule has 1 N–H and O–H groups in total. The highest BCUT2D eigenvalue weighted by Gasteiger charge is 2.32. The first-order chi connectivity index (χ1) is 8.38. The van der Waals surface area contributed by atoms with Crippen molar-refractivity contribution in [3.8, 4) is 0 Å². The Morgan fingerprint density at radius 2 is 2.11 bits per heavy atom. The summed E-state index contributed by atoms with van der Waals surface area (Å²) in [5.41, 5.74) is -0.374. The fourth-order valence-corrected chi connectivity index (χ4v) is 1.96. The van der Waals surface area contributed by atoms with E-state index < -0.39 is 17.8 Å². The van der Waals surface area contributed by atoms with Gasteiger partial charge in [-0.3, -0.25) is 4.79 Å². The van der Waals surface area contributed by atoms with Crippen molar-refractivity contribution in [3.63, 3.8) is 0 Å². The van der Waals surface area contributed by atoms with Crippen LogP contribution in [-0.2, 0) is 15.7 Å². The van der Waals surface area contributed by atoms with E-state index in [-0.39, 0.29) is 24.1 Å². The number of hydrogen-bond donors (Lipinski definition) is 1. The lowest BCUT2D eigenvalue weighted by molar-refractivity contribution is -0.137. The molecule has 1 aliphatic rings. The summed E-state index contributed by atoms with van der Waals surface area (Å²) in [6.07, 6.45) is -4.94. The van der Waals surface area contributed by atoms with Crippen molar-refractivity contribution in [2.75, 3.05) is 13.2 Å². The van der Waals surface area contributed by atoms with Gasteiger partial charge in [0.1, 0.15) is 12.7 Å². The quantitative estimate of drug-likeness (QED) is 0.858. The third kappa shape index (κ3) is 2.76. The van der Waals surface area contributed by atoms with Crippen molar-refractivity contribution >= 4 is 17.5 Å². The number of carbonyl (C=O) groups is 1. The second-order valence-electron chi connectivity index (χ2n) is 3.84. The van der Waals surface area contributed by atoms with Gasteiger partial charge < -0.3 is 10.1 Å². The largest absolute Gasteiger partial charge is 0.416 e. The molecule has 0 spiro atoms. The fourth-order valence-electron chi connectivity index (χ4n) is 1.66. The summed E-state index contributed by atoms with van der Waals surface area (Å²) in [5, 5.41) is 2.54. The van der Waals surface area contributed by atoms with Gasteiger partial charge in [0.15, 0.2) is 0 Å². The van der Waals surface area contributed by atoms with Crippen LogP contribution < -0.4 is 5.32 Å². The minimum Gasteiger partial charge on any atom is -0.362 e. The number of hydrogen-bond acceptors (Lipinski definition) is 2. The van der Waals surface area contributed by atoms with Gasteiger partial charge in [0.05, 0.1) is 5.56 Å². The van der Waals surface area contributed by atoms with Crippen LogP contribution in [0, 0.1) is 0 Å². The predicted octanol–water partition coefficient (Wildman–Crippen LogP) is 2.55. The Labute approximate surface area is 106 Å². The highest BCUT2D eigenvalue weighted by atomic mass is 35.5. The molecular formula is C11H9ClF3NO2. The molecular weight excluding hydrogens is 271 g/mol. The maximum Gasteiger partial charge on any atom is 0.416 e. The molecule has 18 heavy (non-hydrogen) atoms. The molecule has 1 amide bonds. The van der Waals surface area contributed by atoms with E-state index >= 15 is 0 Å². The second kappa shape index (κ2) is 4.78. The molecule has 1 fully saturated rings. The van der Waals surface area contributed by atoms with Gasteiger partial charge in [-0.15, -0.1) is 0 Å². The van der Waals surface area contributed by atoms with Gasteiger partial charge in [-0.1, -0.05) is 17.7 Å². The van der Waals surface area contributed by atoms with Crippen LogP contribution in [0.5, 0.6) is 0 Å². The van der Waals surface area contributed by atoms with E-state index in [1.165, 1.54) is 6.07 Å². The van der Waals surface area contributed by atoms with Gasteiger partial charge in [0.25, 0.3) is 0 Å². The minimum absolute atomic E-state index is 0.0222. The van der Waals surface area contributed by atoms with Crippen LogP contribution in [0.2, 0.25) is 5.02 Å². The molecule has 1 atom stereocenters. The van der Waals surface area contributed by atoms with Crippen molar-refractivity contribution < 1.29 is 22.7 Å². The Balaban J connectivity index is 2.22. The zero-order chi connectivity index (χ0) is 13.3. The van der Waals surface area contributed by atoms with E-state index in [0.717, 1.165) is 12.1 Å². The average Bonchev–Trinajstić information content (AvgIpc) is 2.29. The van der Waals surface area contributed by atoms with Crippen LogP contribution >= 0.6 is 11.6 Å². The lowest BCUT2D eigenvalue weighted by Crippen LogP contribution is -2.38. The van der Waals surface area contributed by atoms with Crippen molar-refractivity contribution in [2.24, 2.45) is 0 Å². The summed E-state index contributed by atoms with van der Waals surface area (Å²) in [7, 11) is 0. The van der Waals surface area contributed by atoms with E-state index in [1.54, 1.807) is 0 Å². The average molecular weight is 280 g/mol.